The van der Waals surface area contributed by atoms with Gasteiger partial charge in [-0.3, -0.25) is 9.59 Å². The molecule has 2 heterocycles. The number of rotatable bonds is 4. The van der Waals surface area contributed by atoms with Crippen LogP contribution in [0.25, 0.3) is 22.2 Å². The second-order valence-corrected chi connectivity index (χ2v) is 5.39. The van der Waals surface area contributed by atoms with E-state index in [1.807, 2.05) is 18.2 Å². The Morgan fingerprint density at radius 3 is 2.62 bits per heavy atom. The summed E-state index contributed by atoms with van der Waals surface area (Å²) in [5.41, 5.74) is 1.34. The molecule has 3 rings (SSSR count). The van der Waals surface area contributed by atoms with Crippen molar-refractivity contribution in [1.82, 2.24) is 15.3 Å². The molecule has 0 fully saturated rings. The third-order valence-corrected chi connectivity index (χ3v) is 3.71. The largest absolute Gasteiger partial charge is 0.505 e. The standard InChI is InChI=1S/C16H12ClN3O4/c17-9-6-18-13-11(9)15(23)14(16(24)19-7-10(21)22)20-12(13)8-4-2-1-3-5-8/h1-6,18,23H,7H2,(H,19,24)(H,21,22). The number of carboxylic acids is 1. The van der Waals surface area contributed by atoms with Crippen molar-refractivity contribution in [3.05, 3.63) is 47.2 Å². The second kappa shape index (κ2) is 6.21. The molecule has 1 aromatic carbocycles. The number of hydrogen-bond donors (Lipinski definition) is 4. The number of nitrogens with one attached hydrogen (secondary N) is 2. The average molecular weight is 346 g/mol. The van der Waals surface area contributed by atoms with E-state index in [-0.39, 0.29) is 16.1 Å². The molecule has 0 aliphatic rings. The maximum absolute atomic E-state index is 12.2. The van der Waals surface area contributed by atoms with Crippen molar-refractivity contribution in [2.75, 3.05) is 6.54 Å². The van der Waals surface area contributed by atoms with Crippen LogP contribution in [0.2, 0.25) is 5.02 Å². The number of halogens is 1. The Bertz CT molecular complexity index is 937. The van der Waals surface area contributed by atoms with Gasteiger partial charge in [-0.05, 0) is 0 Å². The molecule has 3 aromatic rings. The summed E-state index contributed by atoms with van der Waals surface area (Å²) >= 11 is 6.10. The molecule has 0 saturated carbocycles. The van der Waals surface area contributed by atoms with Gasteiger partial charge in [0.15, 0.2) is 11.4 Å². The topological polar surface area (TPSA) is 115 Å². The van der Waals surface area contributed by atoms with Crippen LogP contribution in [0.5, 0.6) is 5.75 Å². The van der Waals surface area contributed by atoms with Crippen molar-refractivity contribution in [2.45, 2.75) is 0 Å². The van der Waals surface area contributed by atoms with Crippen LogP contribution >= 0.6 is 11.6 Å². The van der Waals surface area contributed by atoms with Gasteiger partial charge in [0.1, 0.15) is 6.54 Å². The number of hydrogen-bond acceptors (Lipinski definition) is 4. The van der Waals surface area contributed by atoms with Crippen molar-refractivity contribution in [3.63, 3.8) is 0 Å². The Kier molecular flexibility index (Phi) is 4.09. The van der Waals surface area contributed by atoms with E-state index in [0.29, 0.717) is 16.8 Å². The number of H-pyrrole nitrogens is 1. The molecule has 2 aromatic heterocycles. The third-order valence-electron chi connectivity index (χ3n) is 3.42. The lowest BCUT2D eigenvalue weighted by Crippen LogP contribution is -2.30. The minimum Gasteiger partial charge on any atom is -0.505 e. The zero-order valence-electron chi connectivity index (χ0n) is 12.2. The molecule has 0 aliphatic heterocycles. The first kappa shape index (κ1) is 15.8. The maximum Gasteiger partial charge on any atom is 0.322 e. The van der Waals surface area contributed by atoms with E-state index < -0.39 is 24.2 Å². The minimum atomic E-state index is -1.20. The summed E-state index contributed by atoms with van der Waals surface area (Å²) in [5, 5.41) is 21.7. The van der Waals surface area contributed by atoms with Gasteiger partial charge in [-0.1, -0.05) is 41.9 Å². The normalized spacial score (nSPS) is 10.7. The van der Waals surface area contributed by atoms with E-state index in [1.165, 1.54) is 6.20 Å². The minimum absolute atomic E-state index is 0.231. The average Bonchev–Trinajstić information content (AvgIpc) is 2.96. The summed E-state index contributed by atoms with van der Waals surface area (Å²) < 4.78 is 0. The van der Waals surface area contributed by atoms with Crippen LogP contribution in [0.4, 0.5) is 0 Å². The highest BCUT2D eigenvalue weighted by Crippen LogP contribution is 2.38. The van der Waals surface area contributed by atoms with E-state index in [0.717, 1.165) is 0 Å². The molecule has 0 bridgehead atoms. The molecule has 122 valence electrons. The van der Waals surface area contributed by atoms with Gasteiger partial charge in [-0.15, -0.1) is 0 Å². The summed E-state index contributed by atoms with van der Waals surface area (Å²) in [5.74, 6) is -2.41. The second-order valence-electron chi connectivity index (χ2n) is 4.99. The fourth-order valence-electron chi connectivity index (χ4n) is 2.36. The number of aliphatic carboxylic acids is 1. The van der Waals surface area contributed by atoms with Gasteiger partial charge < -0.3 is 20.5 Å². The summed E-state index contributed by atoms with van der Waals surface area (Å²) in [6, 6.07) is 9.05. The van der Waals surface area contributed by atoms with E-state index >= 15 is 0 Å². The Balaban J connectivity index is 2.20. The molecule has 0 saturated heterocycles. The van der Waals surface area contributed by atoms with Gasteiger partial charge in [0.25, 0.3) is 5.91 Å². The number of fused-ring (bicyclic) bond motifs is 1. The number of benzene rings is 1. The molecule has 1 amide bonds. The first-order valence-electron chi connectivity index (χ1n) is 6.94. The molecule has 7 nitrogen and oxygen atoms in total. The monoisotopic (exact) mass is 345 g/mol. The van der Waals surface area contributed by atoms with Gasteiger partial charge in [0.2, 0.25) is 0 Å². The van der Waals surface area contributed by atoms with Gasteiger partial charge >= 0.3 is 5.97 Å². The van der Waals surface area contributed by atoms with E-state index in [9.17, 15) is 14.7 Å². The van der Waals surface area contributed by atoms with Crippen molar-refractivity contribution in [2.24, 2.45) is 0 Å². The van der Waals surface area contributed by atoms with Crippen molar-refractivity contribution in [1.29, 1.82) is 0 Å². The van der Waals surface area contributed by atoms with Crippen LogP contribution in [0, 0.1) is 0 Å². The smallest absolute Gasteiger partial charge is 0.322 e. The third kappa shape index (κ3) is 2.77. The number of carbonyl (C=O) groups is 2. The van der Waals surface area contributed by atoms with Crippen LogP contribution in [0.15, 0.2) is 36.5 Å². The molecule has 8 heteroatoms. The fraction of sp³-hybridized carbons (Fsp3) is 0.0625. The predicted molar refractivity (Wildman–Crippen MR) is 88.2 cm³/mol. The Hall–Kier alpha value is -3.06. The number of aromatic nitrogens is 2. The van der Waals surface area contributed by atoms with Gasteiger partial charge in [0.05, 0.1) is 21.6 Å². The zero-order valence-corrected chi connectivity index (χ0v) is 13.0. The summed E-state index contributed by atoms with van der Waals surface area (Å²) in [7, 11) is 0. The molecular weight excluding hydrogens is 334 g/mol. The lowest BCUT2D eigenvalue weighted by Gasteiger charge is -2.10. The van der Waals surface area contributed by atoms with E-state index in [2.05, 4.69) is 15.3 Å². The van der Waals surface area contributed by atoms with Crippen molar-refractivity contribution >= 4 is 34.4 Å². The van der Waals surface area contributed by atoms with E-state index in [4.69, 9.17) is 16.7 Å². The highest BCUT2D eigenvalue weighted by molar-refractivity contribution is 6.36. The van der Waals surface area contributed by atoms with E-state index in [1.54, 1.807) is 12.1 Å². The van der Waals surface area contributed by atoms with Crippen LogP contribution < -0.4 is 5.32 Å². The first-order chi connectivity index (χ1) is 11.5. The van der Waals surface area contributed by atoms with Crippen LogP contribution in [-0.2, 0) is 4.79 Å². The number of amides is 1. The quantitative estimate of drug-likeness (QED) is 0.579. The number of carboxylic acid groups (broad SMARTS) is 1. The SMILES string of the molecule is O=C(O)CNC(=O)c1nc(-c2ccccc2)c2[nH]cc(Cl)c2c1O. The molecule has 4 N–H and O–H groups in total. The summed E-state index contributed by atoms with van der Waals surface area (Å²) in [6.07, 6.45) is 1.49. The Labute approximate surface area is 140 Å². The molecule has 0 radical (unpaired) electrons. The van der Waals surface area contributed by atoms with Crippen molar-refractivity contribution < 1.29 is 19.8 Å². The molecule has 0 aliphatic carbocycles. The molecular formula is C16H12ClN3O4. The number of nitrogens with zero attached hydrogens (tertiary/aromatic N) is 1. The summed E-state index contributed by atoms with van der Waals surface area (Å²) in [4.78, 5) is 29.9. The Morgan fingerprint density at radius 1 is 1.25 bits per heavy atom. The lowest BCUT2D eigenvalue weighted by molar-refractivity contribution is -0.135. The molecule has 0 spiro atoms. The molecule has 0 atom stereocenters. The number of carbonyl (C=O) groups excluding carboxylic acids is 1. The molecule has 0 unspecified atom stereocenters. The zero-order chi connectivity index (χ0) is 17.3. The van der Waals surface area contributed by atoms with Crippen LogP contribution in [0.1, 0.15) is 10.5 Å². The molecule has 24 heavy (non-hydrogen) atoms. The summed E-state index contributed by atoms with van der Waals surface area (Å²) in [6.45, 7) is -0.584. The highest BCUT2D eigenvalue weighted by Gasteiger charge is 2.22. The highest BCUT2D eigenvalue weighted by atomic mass is 35.5. The number of pyridine rings is 1. The fourth-order valence-corrected chi connectivity index (χ4v) is 2.60. The van der Waals surface area contributed by atoms with Gasteiger partial charge in [-0.25, -0.2) is 4.98 Å². The van der Waals surface area contributed by atoms with Gasteiger partial charge in [0, 0.05) is 11.8 Å². The van der Waals surface area contributed by atoms with Crippen LogP contribution in [0.3, 0.4) is 0 Å². The lowest BCUT2D eigenvalue weighted by atomic mass is 10.1. The number of aromatic amines is 1. The first-order valence-corrected chi connectivity index (χ1v) is 7.31. The Morgan fingerprint density at radius 2 is 1.96 bits per heavy atom. The van der Waals surface area contributed by atoms with Gasteiger partial charge in [-0.2, -0.15) is 0 Å². The maximum atomic E-state index is 12.2. The number of aromatic hydroxyl groups is 1. The predicted octanol–water partition coefficient (Wildman–Crippen LogP) is 2.40. The van der Waals surface area contributed by atoms with Crippen LogP contribution in [-0.4, -0.2) is 38.6 Å². The van der Waals surface area contributed by atoms with Crippen molar-refractivity contribution in [3.8, 4) is 17.0 Å².